The van der Waals surface area contributed by atoms with Gasteiger partial charge in [0.1, 0.15) is 17.2 Å². The summed E-state index contributed by atoms with van der Waals surface area (Å²) < 4.78 is 9.56. The molecule has 0 aliphatic carbocycles. The molecule has 0 amide bonds. The zero-order chi connectivity index (χ0) is 11.4. The molecule has 0 aliphatic rings. The van der Waals surface area contributed by atoms with E-state index in [-0.39, 0.29) is 16.9 Å². The molecule has 4 nitrogen and oxygen atoms in total. The number of methoxy groups -OCH3 is 2. The minimum atomic E-state index is -0.545. The summed E-state index contributed by atoms with van der Waals surface area (Å²) >= 11 is 4.09. The van der Waals surface area contributed by atoms with Gasteiger partial charge in [0.25, 0.3) is 0 Å². The fraction of sp³-hybridized carbons (Fsp3) is 0.200. The van der Waals surface area contributed by atoms with Gasteiger partial charge in [-0.1, -0.05) is 0 Å². The average molecular weight is 223 g/mol. The third-order valence-electron chi connectivity index (χ3n) is 1.86. The van der Waals surface area contributed by atoms with Crippen LogP contribution in [0.2, 0.25) is 0 Å². The van der Waals surface area contributed by atoms with E-state index in [1.165, 1.54) is 20.3 Å². The fourth-order valence-electron chi connectivity index (χ4n) is 1.16. The first kappa shape index (κ1) is 11.4. The van der Waals surface area contributed by atoms with E-state index >= 15 is 0 Å². The summed E-state index contributed by atoms with van der Waals surface area (Å²) in [5, 5.41) is 8.88. The number of nitriles is 1. The number of nitrogens with zero attached hydrogens (tertiary/aromatic N) is 1. The van der Waals surface area contributed by atoms with Gasteiger partial charge < -0.3 is 9.47 Å². The first-order valence-electron chi connectivity index (χ1n) is 4.04. The zero-order valence-electron chi connectivity index (χ0n) is 8.27. The number of carbonyl (C=O) groups excluding carboxylic acids is 1. The number of esters is 1. The van der Waals surface area contributed by atoms with Crippen LogP contribution in [0.4, 0.5) is 0 Å². The molecule has 1 aromatic carbocycles. The second-order valence-corrected chi connectivity index (χ2v) is 3.13. The van der Waals surface area contributed by atoms with Gasteiger partial charge in [0.15, 0.2) is 5.75 Å². The Kier molecular flexibility index (Phi) is 3.58. The molecule has 0 unspecified atom stereocenters. The predicted molar refractivity (Wildman–Crippen MR) is 56.3 cm³/mol. The Labute approximate surface area is 92.8 Å². The van der Waals surface area contributed by atoms with Crippen LogP contribution in [-0.2, 0) is 4.74 Å². The maximum absolute atomic E-state index is 11.3. The summed E-state index contributed by atoms with van der Waals surface area (Å²) in [6, 6.07) is 4.98. The summed E-state index contributed by atoms with van der Waals surface area (Å²) in [4.78, 5) is 11.8. The van der Waals surface area contributed by atoms with E-state index in [2.05, 4.69) is 17.4 Å². The van der Waals surface area contributed by atoms with E-state index in [0.717, 1.165) is 0 Å². The maximum Gasteiger partial charge on any atom is 0.341 e. The summed E-state index contributed by atoms with van der Waals surface area (Å²) in [5.41, 5.74) is 0.443. The molecule has 0 saturated carbocycles. The molecule has 0 bridgehead atoms. The second kappa shape index (κ2) is 4.71. The Morgan fingerprint density at radius 2 is 2.13 bits per heavy atom. The van der Waals surface area contributed by atoms with Crippen molar-refractivity contribution in [3.8, 4) is 11.8 Å². The van der Waals surface area contributed by atoms with Crippen molar-refractivity contribution in [3.63, 3.8) is 0 Å². The number of hydrogen-bond donors (Lipinski definition) is 1. The van der Waals surface area contributed by atoms with E-state index in [9.17, 15) is 4.79 Å². The molecule has 0 atom stereocenters. The molecular weight excluding hydrogens is 214 g/mol. The lowest BCUT2D eigenvalue weighted by Gasteiger charge is -2.09. The van der Waals surface area contributed by atoms with Crippen LogP contribution < -0.4 is 4.74 Å². The van der Waals surface area contributed by atoms with E-state index < -0.39 is 5.97 Å². The van der Waals surface area contributed by atoms with Crippen molar-refractivity contribution >= 4 is 18.6 Å². The molecule has 0 fully saturated rings. The molecular formula is C10H9NO3S. The van der Waals surface area contributed by atoms with Crippen LogP contribution in [0.1, 0.15) is 15.9 Å². The third-order valence-corrected chi connectivity index (χ3v) is 2.23. The molecule has 1 rings (SSSR count). The van der Waals surface area contributed by atoms with Crippen LogP contribution in [0.3, 0.4) is 0 Å². The van der Waals surface area contributed by atoms with E-state index in [1.807, 2.05) is 6.07 Å². The van der Waals surface area contributed by atoms with Gasteiger partial charge in [-0.2, -0.15) is 5.26 Å². The van der Waals surface area contributed by atoms with Crippen molar-refractivity contribution in [3.05, 3.63) is 23.3 Å². The number of ether oxygens (including phenoxy) is 2. The smallest absolute Gasteiger partial charge is 0.341 e. The lowest BCUT2D eigenvalue weighted by Crippen LogP contribution is -2.05. The summed E-state index contributed by atoms with van der Waals surface area (Å²) in [6.07, 6.45) is 0. The highest BCUT2D eigenvalue weighted by atomic mass is 32.1. The normalized spacial score (nSPS) is 9.20. The minimum absolute atomic E-state index is 0.192. The van der Waals surface area contributed by atoms with Gasteiger partial charge in [-0.25, -0.2) is 4.79 Å². The standard InChI is InChI=1S/C10H9NO3S/c1-13-9-6(10(12)14-2)3-4-8(15)7(9)5-11/h3-4,15H,1-2H3. The van der Waals surface area contributed by atoms with E-state index in [4.69, 9.17) is 10.00 Å². The first-order chi connectivity index (χ1) is 7.15. The average Bonchev–Trinajstić information content (AvgIpc) is 2.27. The van der Waals surface area contributed by atoms with Crippen molar-refractivity contribution in [2.24, 2.45) is 0 Å². The molecule has 5 heteroatoms. The van der Waals surface area contributed by atoms with Crippen LogP contribution in [0.5, 0.6) is 5.75 Å². The monoisotopic (exact) mass is 223 g/mol. The van der Waals surface area contributed by atoms with Crippen molar-refractivity contribution < 1.29 is 14.3 Å². The summed E-state index contributed by atoms with van der Waals surface area (Å²) in [7, 11) is 2.65. The molecule has 0 radical (unpaired) electrons. The molecule has 0 saturated heterocycles. The van der Waals surface area contributed by atoms with Crippen LogP contribution in [-0.4, -0.2) is 20.2 Å². The van der Waals surface area contributed by atoms with Crippen molar-refractivity contribution in [1.82, 2.24) is 0 Å². The van der Waals surface area contributed by atoms with Gasteiger partial charge in [0.2, 0.25) is 0 Å². The second-order valence-electron chi connectivity index (χ2n) is 2.64. The van der Waals surface area contributed by atoms with Crippen molar-refractivity contribution in [2.45, 2.75) is 4.90 Å². The Morgan fingerprint density at radius 1 is 1.47 bits per heavy atom. The Hall–Kier alpha value is -1.67. The Bertz CT molecular complexity index is 437. The van der Waals surface area contributed by atoms with E-state index in [0.29, 0.717) is 4.90 Å². The highest BCUT2D eigenvalue weighted by Crippen LogP contribution is 2.29. The van der Waals surface area contributed by atoms with Gasteiger partial charge in [0.05, 0.1) is 14.2 Å². The molecule has 78 valence electrons. The highest BCUT2D eigenvalue weighted by Gasteiger charge is 2.18. The van der Waals surface area contributed by atoms with Crippen LogP contribution >= 0.6 is 12.6 Å². The Morgan fingerprint density at radius 3 is 2.60 bits per heavy atom. The number of thiol groups is 1. The largest absolute Gasteiger partial charge is 0.494 e. The zero-order valence-corrected chi connectivity index (χ0v) is 9.17. The van der Waals surface area contributed by atoms with Gasteiger partial charge >= 0.3 is 5.97 Å². The number of hydrogen-bond acceptors (Lipinski definition) is 5. The molecule has 0 N–H and O–H groups in total. The van der Waals surface area contributed by atoms with Crippen LogP contribution in [0.25, 0.3) is 0 Å². The molecule has 0 aromatic heterocycles. The Balaban J connectivity index is 3.43. The quantitative estimate of drug-likeness (QED) is 0.611. The molecule has 0 aliphatic heterocycles. The molecule has 15 heavy (non-hydrogen) atoms. The SMILES string of the molecule is COC(=O)c1ccc(S)c(C#N)c1OC. The van der Waals surface area contributed by atoms with Gasteiger partial charge in [-0.05, 0) is 12.1 Å². The minimum Gasteiger partial charge on any atom is -0.494 e. The molecule has 0 spiro atoms. The number of carbonyl (C=O) groups is 1. The first-order valence-corrected chi connectivity index (χ1v) is 4.48. The summed E-state index contributed by atoms with van der Waals surface area (Å²) in [5.74, 6) is -0.353. The van der Waals surface area contributed by atoms with Crippen molar-refractivity contribution in [2.75, 3.05) is 14.2 Å². The van der Waals surface area contributed by atoms with Crippen molar-refractivity contribution in [1.29, 1.82) is 5.26 Å². The van der Waals surface area contributed by atoms with Gasteiger partial charge in [0, 0.05) is 4.90 Å². The van der Waals surface area contributed by atoms with E-state index in [1.54, 1.807) is 6.07 Å². The maximum atomic E-state index is 11.3. The van der Waals surface area contributed by atoms with Crippen LogP contribution in [0.15, 0.2) is 17.0 Å². The topological polar surface area (TPSA) is 59.3 Å². The van der Waals surface area contributed by atoms with Gasteiger partial charge in [-0.3, -0.25) is 0 Å². The molecule has 1 aromatic rings. The fourth-order valence-corrected chi connectivity index (χ4v) is 1.39. The third kappa shape index (κ3) is 2.05. The lowest BCUT2D eigenvalue weighted by atomic mass is 10.1. The summed E-state index contributed by atoms with van der Waals surface area (Å²) in [6.45, 7) is 0. The van der Waals surface area contributed by atoms with Crippen LogP contribution in [0, 0.1) is 11.3 Å². The lowest BCUT2D eigenvalue weighted by molar-refractivity contribution is 0.0597. The predicted octanol–water partition coefficient (Wildman–Crippen LogP) is 1.64. The van der Waals surface area contributed by atoms with Gasteiger partial charge in [-0.15, -0.1) is 12.6 Å². The molecule has 0 heterocycles. The number of rotatable bonds is 2. The highest BCUT2D eigenvalue weighted by molar-refractivity contribution is 7.80. The number of benzene rings is 1.